The molecule has 0 saturated carbocycles. The van der Waals surface area contributed by atoms with E-state index in [-0.39, 0.29) is 0 Å². The summed E-state index contributed by atoms with van der Waals surface area (Å²) in [6.07, 6.45) is 2.25. The highest BCUT2D eigenvalue weighted by atomic mass is 32.4. The maximum atomic E-state index is 2.28. The molecule has 0 saturated heterocycles. The second-order valence-electron chi connectivity index (χ2n) is 4.98. The van der Waals surface area contributed by atoms with Gasteiger partial charge in [-0.05, 0) is 21.8 Å². The summed E-state index contributed by atoms with van der Waals surface area (Å²) in [6, 6.07) is 32.9. The van der Waals surface area contributed by atoms with Crippen LogP contribution in [0.15, 0.2) is 91.0 Å². The first kappa shape index (κ1) is 14.2. The van der Waals surface area contributed by atoms with E-state index in [4.69, 9.17) is 0 Å². The van der Waals surface area contributed by atoms with Crippen LogP contribution in [0.25, 0.3) is 0 Å². The van der Waals surface area contributed by atoms with Crippen LogP contribution in [0, 0.1) is 0 Å². The molecule has 104 valence electrons. The number of hydrogen-bond acceptors (Lipinski definition) is 1. The Balaban J connectivity index is 2.29. The topological polar surface area (TPSA) is 0 Å². The standard InChI is InChI=1S/C19H18SSi/c1-20-21(17-11-5-2-6-12-17,18-13-7-3-8-14-18)19-15-9-4-10-16-19/h2-16H,1H3. The minimum Gasteiger partial charge on any atom is -0.173 e. The highest BCUT2D eigenvalue weighted by Gasteiger charge is 2.38. The molecule has 0 aromatic heterocycles. The van der Waals surface area contributed by atoms with Gasteiger partial charge in [0, 0.05) is 0 Å². The van der Waals surface area contributed by atoms with Crippen LogP contribution in [0.3, 0.4) is 0 Å². The van der Waals surface area contributed by atoms with Crippen molar-refractivity contribution < 1.29 is 0 Å². The van der Waals surface area contributed by atoms with Gasteiger partial charge in [0.25, 0.3) is 0 Å². The average Bonchev–Trinajstić information content (AvgIpc) is 2.59. The molecule has 0 radical (unpaired) electrons. The van der Waals surface area contributed by atoms with Crippen molar-refractivity contribution >= 4 is 34.0 Å². The van der Waals surface area contributed by atoms with Crippen molar-refractivity contribution in [2.24, 2.45) is 0 Å². The molecule has 21 heavy (non-hydrogen) atoms. The fourth-order valence-electron chi connectivity index (χ4n) is 2.87. The SMILES string of the molecule is CS[Si](c1ccccc1)(c1ccccc1)c1ccccc1. The molecule has 0 aliphatic heterocycles. The number of rotatable bonds is 4. The largest absolute Gasteiger partial charge is 0.209 e. The van der Waals surface area contributed by atoms with Crippen molar-refractivity contribution in [2.45, 2.75) is 0 Å². The van der Waals surface area contributed by atoms with Crippen LogP contribution in [0.4, 0.5) is 0 Å². The van der Waals surface area contributed by atoms with Crippen molar-refractivity contribution in [3.05, 3.63) is 91.0 Å². The molecule has 0 amide bonds. The van der Waals surface area contributed by atoms with E-state index in [1.54, 1.807) is 0 Å². The first-order valence-electron chi connectivity index (χ1n) is 7.09. The maximum absolute atomic E-state index is 2.28. The van der Waals surface area contributed by atoms with Gasteiger partial charge in [0.15, 0.2) is 0 Å². The number of hydrogen-bond donors (Lipinski definition) is 0. The molecule has 0 spiro atoms. The van der Waals surface area contributed by atoms with Crippen molar-refractivity contribution in [1.82, 2.24) is 0 Å². The summed E-state index contributed by atoms with van der Waals surface area (Å²) in [5.74, 6) is 0. The molecular formula is C19H18SSi. The van der Waals surface area contributed by atoms with E-state index in [1.807, 2.05) is 11.2 Å². The monoisotopic (exact) mass is 306 g/mol. The zero-order valence-corrected chi connectivity index (χ0v) is 13.9. The minimum absolute atomic E-state index is 1.45. The lowest BCUT2D eigenvalue weighted by Gasteiger charge is -2.31. The summed E-state index contributed by atoms with van der Waals surface area (Å²) in [6.45, 7) is 0. The van der Waals surface area contributed by atoms with Gasteiger partial charge in [-0.15, -0.1) is 0 Å². The van der Waals surface area contributed by atoms with Crippen LogP contribution < -0.4 is 15.6 Å². The Hall–Kier alpha value is -1.77. The Morgan fingerprint density at radius 3 is 1.05 bits per heavy atom. The van der Waals surface area contributed by atoms with Gasteiger partial charge in [-0.2, -0.15) is 11.2 Å². The molecule has 3 aromatic carbocycles. The molecular weight excluding hydrogens is 288 g/mol. The molecule has 0 aliphatic carbocycles. The molecule has 0 atom stereocenters. The lowest BCUT2D eigenvalue weighted by molar-refractivity contribution is 1.70. The number of benzene rings is 3. The molecule has 0 heterocycles. The van der Waals surface area contributed by atoms with E-state index in [2.05, 4.69) is 97.3 Å². The van der Waals surface area contributed by atoms with Crippen LogP contribution in [-0.4, -0.2) is 13.5 Å². The Morgan fingerprint density at radius 1 is 0.524 bits per heavy atom. The third kappa shape index (κ3) is 2.57. The van der Waals surface area contributed by atoms with Gasteiger partial charge >= 0.3 is 0 Å². The maximum Gasteiger partial charge on any atom is 0.209 e. The molecule has 2 heteroatoms. The van der Waals surface area contributed by atoms with Gasteiger partial charge in [0.1, 0.15) is 0 Å². The summed E-state index contributed by atoms with van der Waals surface area (Å²) < 4.78 is 0. The van der Waals surface area contributed by atoms with Crippen LogP contribution in [-0.2, 0) is 0 Å². The predicted octanol–water partition coefficient (Wildman–Crippen LogP) is 3.02. The molecule has 3 rings (SSSR count). The summed E-state index contributed by atoms with van der Waals surface area (Å²) in [4.78, 5) is 0. The van der Waals surface area contributed by atoms with Gasteiger partial charge in [-0.1, -0.05) is 91.0 Å². The zero-order valence-electron chi connectivity index (χ0n) is 12.1. The quantitative estimate of drug-likeness (QED) is 0.527. The summed E-state index contributed by atoms with van der Waals surface area (Å²) in [7, 11) is -1.98. The second kappa shape index (κ2) is 6.33. The van der Waals surface area contributed by atoms with Gasteiger partial charge in [-0.25, -0.2) is 0 Å². The van der Waals surface area contributed by atoms with E-state index < -0.39 is 7.22 Å². The Labute approximate surface area is 131 Å². The minimum atomic E-state index is -1.98. The highest BCUT2D eigenvalue weighted by molar-refractivity contribution is 8.32. The zero-order chi connectivity index (χ0) is 14.5. The summed E-state index contributed by atoms with van der Waals surface area (Å²) in [5, 5.41) is 4.36. The Bertz CT molecular complexity index is 584. The normalized spacial score (nSPS) is 11.3. The summed E-state index contributed by atoms with van der Waals surface area (Å²) >= 11 is 2.02. The smallest absolute Gasteiger partial charge is 0.173 e. The molecule has 0 fully saturated rings. The van der Waals surface area contributed by atoms with Crippen LogP contribution in [0.1, 0.15) is 0 Å². The van der Waals surface area contributed by atoms with Crippen molar-refractivity contribution in [3.8, 4) is 0 Å². The van der Waals surface area contributed by atoms with Crippen molar-refractivity contribution in [3.63, 3.8) is 0 Å². The average molecular weight is 307 g/mol. The molecule has 3 aromatic rings. The fraction of sp³-hybridized carbons (Fsp3) is 0.0526. The second-order valence-corrected chi connectivity index (χ2v) is 11.5. The lowest BCUT2D eigenvalue weighted by atomic mass is 10.3. The fourth-order valence-corrected chi connectivity index (χ4v) is 9.91. The molecule has 0 N–H and O–H groups in total. The molecule has 0 aliphatic rings. The van der Waals surface area contributed by atoms with Crippen LogP contribution in [0.2, 0.25) is 0 Å². The third-order valence-corrected chi connectivity index (χ3v) is 11.9. The van der Waals surface area contributed by atoms with Crippen LogP contribution in [0.5, 0.6) is 0 Å². The Kier molecular flexibility index (Phi) is 4.27. The molecule has 0 unspecified atom stereocenters. The van der Waals surface area contributed by atoms with Crippen molar-refractivity contribution in [1.29, 1.82) is 0 Å². The van der Waals surface area contributed by atoms with E-state index in [1.165, 1.54) is 15.6 Å². The lowest BCUT2D eigenvalue weighted by Crippen LogP contribution is -2.64. The van der Waals surface area contributed by atoms with Crippen molar-refractivity contribution in [2.75, 3.05) is 6.26 Å². The van der Waals surface area contributed by atoms with E-state index >= 15 is 0 Å². The summed E-state index contributed by atoms with van der Waals surface area (Å²) in [5.41, 5.74) is 0. The predicted molar refractivity (Wildman–Crippen MR) is 97.5 cm³/mol. The third-order valence-electron chi connectivity index (χ3n) is 3.85. The first-order chi connectivity index (χ1) is 10.4. The van der Waals surface area contributed by atoms with Gasteiger partial charge in [0.05, 0.1) is 0 Å². The Morgan fingerprint density at radius 2 is 0.810 bits per heavy atom. The van der Waals surface area contributed by atoms with Gasteiger partial charge in [-0.3, -0.25) is 0 Å². The van der Waals surface area contributed by atoms with E-state index in [0.717, 1.165) is 0 Å². The molecule has 0 nitrogen and oxygen atoms in total. The first-order valence-corrected chi connectivity index (χ1v) is 11.0. The van der Waals surface area contributed by atoms with Gasteiger partial charge in [0.2, 0.25) is 7.22 Å². The molecule has 0 bridgehead atoms. The highest BCUT2D eigenvalue weighted by Crippen LogP contribution is 2.18. The van der Waals surface area contributed by atoms with E-state index in [0.29, 0.717) is 0 Å². The van der Waals surface area contributed by atoms with Gasteiger partial charge < -0.3 is 0 Å². The van der Waals surface area contributed by atoms with E-state index in [9.17, 15) is 0 Å². The van der Waals surface area contributed by atoms with Crippen LogP contribution >= 0.6 is 11.2 Å².